The lowest BCUT2D eigenvalue weighted by atomic mass is 9.91. The van der Waals surface area contributed by atoms with Gasteiger partial charge in [-0.2, -0.15) is 0 Å². The Morgan fingerprint density at radius 1 is 0.474 bits per heavy atom. The summed E-state index contributed by atoms with van der Waals surface area (Å²) in [5.41, 5.74) is 8.82. The molecule has 0 bridgehead atoms. The van der Waals surface area contributed by atoms with Crippen LogP contribution < -0.4 is 0 Å². The van der Waals surface area contributed by atoms with E-state index >= 15 is 0 Å². The summed E-state index contributed by atoms with van der Waals surface area (Å²) in [4.78, 5) is 0. The molecule has 2 nitrogen and oxygen atoms in total. The molecule has 0 saturated carbocycles. The van der Waals surface area contributed by atoms with E-state index in [1.807, 2.05) is 0 Å². The highest BCUT2D eigenvalue weighted by molar-refractivity contribution is 6.11. The van der Waals surface area contributed by atoms with Crippen molar-refractivity contribution in [2.75, 3.05) is 0 Å². The third-order valence-electron chi connectivity index (χ3n) is 8.08. The van der Waals surface area contributed by atoms with Gasteiger partial charge in [0.1, 0.15) is 0 Å². The van der Waals surface area contributed by atoms with Gasteiger partial charge in [0, 0.05) is 38.8 Å². The first-order chi connectivity index (χ1) is 18.9. The standard InChI is InChI=1S/C36H26N2/c1-5-13-33-29(9-1)30-10-2-6-14-34(30)37(33)27-21-17-25(18-22-27)26-19-23-28(24-20-26)38-35-15-7-3-11-31(35)32-12-4-8-16-36(32)38/h1-19,21-24,26H,20H2. The normalized spacial score (nSPS) is 15.6. The number of hydrogen-bond donors (Lipinski definition) is 0. The summed E-state index contributed by atoms with van der Waals surface area (Å²) in [6.45, 7) is 0. The second kappa shape index (κ2) is 8.36. The fourth-order valence-electron chi connectivity index (χ4n) is 6.29. The molecular weight excluding hydrogens is 460 g/mol. The van der Waals surface area contributed by atoms with E-state index in [9.17, 15) is 0 Å². The zero-order valence-corrected chi connectivity index (χ0v) is 21.0. The summed E-state index contributed by atoms with van der Waals surface area (Å²) in [7, 11) is 0. The van der Waals surface area contributed by atoms with E-state index in [4.69, 9.17) is 0 Å². The van der Waals surface area contributed by atoms with Crippen LogP contribution in [0.1, 0.15) is 17.9 Å². The van der Waals surface area contributed by atoms with Gasteiger partial charge < -0.3 is 9.13 Å². The molecule has 0 spiro atoms. The third kappa shape index (κ3) is 3.13. The van der Waals surface area contributed by atoms with Gasteiger partial charge in [0.15, 0.2) is 0 Å². The van der Waals surface area contributed by atoms with Crippen molar-refractivity contribution in [2.24, 2.45) is 0 Å². The fourth-order valence-corrected chi connectivity index (χ4v) is 6.29. The summed E-state index contributed by atoms with van der Waals surface area (Å²) in [6.07, 6.45) is 8.05. The van der Waals surface area contributed by atoms with Crippen LogP contribution in [0.15, 0.2) is 140 Å². The van der Waals surface area contributed by atoms with E-state index in [1.54, 1.807) is 0 Å². The van der Waals surface area contributed by atoms with Crippen LogP contribution in [0.3, 0.4) is 0 Å². The maximum Gasteiger partial charge on any atom is 0.0541 e. The van der Waals surface area contributed by atoms with Crippen LogP contribution in [0.25, 0.3) is 55.0 Å². The fraction of sp³-hybridized carbons (Fsp3) is 0.0556. The molecule has 2 heteroatoms. The largest absolute Gasteiger partial charge is 0.310 e. The Hall–Kier alpha value is -4.82. The van der Waals surface area contributed by atoms with Crippen LogP contribution in [0, 0.1) is 0 Å². The van der Waals surface area contributed by atoms with Gasteiger partial charge >= 0.3 is 0 Å². The van der Waals surface area contributed by atoms with Gasteiger partial charge in [-0.1, -0.05) is 97.1 Å². The summed E-state index contributed by atoms with van der Waals surface area (Å²) in [6, 6.07) is 43.9. The number of fused-ring (bicyclic) bond motifs is 6. The summed E-state index contributed by atoms with van der Waals surface area (Å²) in [5.74, 6) is 0.374. The molecule has 1 aliphatic carbocycles. The maximum absolute atomic E-state index is 2.41. The predicted octanol–water partition coefficient (Wildman–Crippen LogP) is 9.48. The molecule has 180 valence electrons. The molecule has 0 amide bonds. The van der Waals surface area contributed by atoms with Gasteiger partial charge in [-0.25, -0.2) is 0 Å². The Morgan fingerprint density at radius 2 is 0.921 bits per heavy atom. The van der Waals surface area contributed by atoms with Crippen molar-refractivity contribution in [1.29, 1.82) is 0 Å². The van der Waals surface area contributed by atoms with Crippen molar-refractivity contribution in [3.63, 3.8) is 0 Å². The molecular formula is C36H26N2. The highest BCUT2D eigenvalue weighted by Crippen LogP contribution is 2.36. The minimum atomic E-state index is 0.374. The first-order valence-corrected chi connectivity index (χ1v) is 13.3. The number of para-hydroxylation sites is 4. The molecule has 1 unspecified atom stereocenters. The Balaban J connectivity index is 1.14. The second-order valence-corrected chi connectivity index (χ2v) is 10.2. The Labute approximate surface area is 221 Å². The third-order valence-corrected chi connectivity index (χ3v) is 8.08. The van der Waals surface area contributed by atoms with Crippen molar-refractivity contribution < 1.29 is 0 Å². The zero-order chi connectivity index (χ0) is 25.1. The highest BCUT2D eigenvalue weighted by atomic mass is 15.0. The molecule has 2 heterocycles. The Morgan fingerprint density at radius 3 is 1.37 bits per heavy atom. The highest BCUT2D eigenvalue weighted by Gasteiger charge is 2.17. The molecule has 5 aromatic carbocycles. The molecule has 0 saturated heterocycles. The van der Waals surface area contributed by atoms with Gasteiger partial charge in [0.05, 0.1) is 22.1 Å². The van der Waals surface area contributed by atoms with Gasteiger partial charge in [-0.15, -0.1) is 0 Å². The smallest absolute Gasteiger partial charge is 0.0541 e. The monoisotopic (exact) mass is 486 g/mol. The van der Waals surface area contributed by atoms with Crippen molar-refractivity contribution in [3.8, 4) is 5.69 Å². The number of aromatic nitrogens is 2. The predicted molar refractivity (Wildman–Crippen MR) is 161 cm³/mol. The van der Waals surface area contributed by atoms with Gasteiger partial charge in [0.25, 0.3) is 0 Å². The van der Waals surface area contributed by atoms with E-state index in [0.717, 1.165) is 6.42 Å². The summed E-state index contributed by atoms with van der Waals surface area (Å²) in [5, 5.41) is 5.20. The van der Waals surface area contributed by atoms with Gasteiger partial charge in [-0.3, -0.25) is 0 Å². The van der Waals surface area contributed by atoms with Crippen LogP contribution in [-0.2, 0) is 0 Å². The van der Waals surface area contributed by atoms with Gasteiger partial charge in [-0.05, 0) is 54.5 Å². The van der Waals surface area contributed by atoms with Crippen LogP contribution >= 0.6 is 0 Å². The minimum absolute atomic E-state index is 0.374. The number of allylic oxidation sites excluding steroid dienone is 4. The first-order valence-electron chi connectivity index (χ1n) is 13.3. The summed E-state index contributed by atoms with van der Waals surface area (Å²) >= 11 is 0. The lowest BCUT2D eigenvalue weighted by Gasteiger charge is -2.19. The first kappa shape index (κ1) is 21.3. The van der Waals surface area contributed by atoms with Crippen LogP contribution in [0.4, 0.5) is 0 Å². The molecule has 1 aliphatic rings. The van der Waals surface area contributed by atoms with Crippen molar-refractivity contribution in [3.05, 3.63) is 145 Å². The zero-order valence-electron chi connectivity index (χ0n) is 21.0. The second-order valence-electron chi connectivity index (χ2n) is 10.2. The average Bonchev–Trinajstić information content (AvgIpc) is 3.51. The van der Waals surface area contributed by atoms with Gasteiger partial charge in [0.2, 0.25) is 0 Å². The van der Waals surface area contributed by atoms with E-state index < -0.39 is 0 Å². The SMILES string of the molecule is C1=CC(c2ccc(-n3c4ccccc4c4ccccc43)cc2)CC=C1n1c2ccccc2c2ccccc21. The minimum Gasteiger partial charge on any atom is -0.310 e. The topological polar surface area (TPSA) is 9.86 Å². The molecule has 1 atom stereocenters. The van der Waals surface area contributed by atoms with E-state index in [2.05, 4.69) is 149 Å². The quantitative estimate of drug-likeness (QED) is 0.235. The van der Waals surface area contributed by atoms with Crippen LogP contribution in [-0.4, -0.2) is 9.13 Å². The Bertz CT molecular complexity index is 1940. The molecule has 7 aromatic rings. The van der Waals surface area contributed by atoms with Crippen molar-refractivity contribution in [1.82, 2.24) is 9.13 Å². The summed E-state index contributed by atoms with van der Waals surface area (Å²) < 4.78 is 4.79. The number of hydrogen-bond acceptors (Lipinski definition) is 0. The molecule has 0 aliphatic heterocycles. The lowest BCUT2D eigenvalue weighted by molar-refractivity contribution is 0.849. The van der Waals surface area contributed by atoms with E-state index in [1.165, 1.54) is 60.6 Å². The van der Waals surface area contributed by atoms with Crippen molar-refractivity contribution >= 4 is 49.3 Å². The number of nitrogens with zero attached hydrogens (tertiary/aromatic N) is 2. The molecule has 8 rings (SSSR count). The molecule has 0 N–H and O–H groups in total. The van der Waals surface area contributed by atoms with E-state index in [0.29, 0.717) is 5.92 Å². The van der Waals surface area contributed by atoms with Crippen molar-refractivity contribution in [2.45, 2.75) is 12.3 Å². The maximum atomic E-state index is 2.41. The molecule has 0 fully saturated rings. The Kier molecular flexibility index (Phi) is 4.68. The average molecular weight is 487 g/mol. The van der Waals surface area contributed by atoms with Crippen LogP contribution in [0.2, 0.25) is 0 Å². The molecule has 38 heavy (non-hydrogen) atoms. The lowest BCUT2D eigenvalue weighted by Crippen LogP contribution is -2.03. The van der Waals surface area contributed by atoms with E-state index in [-0.39, 0.29) is 0 Å². The number of benzene rings is 5. The molecule has 0 radical (unpaired) electrons. The molecule has 2 aromatic heterocycles. The van der Waals surface area contributed by atoms with Crippen LogP contribution in [0.5, 0.6) is 0 Å². The number of rotatable bonds is 3.